The van der Waals surface area contributed by atoms with Crippen LogP contribution in [0, 0.1) is 0 Å². The molecular weight excluding hydrogens is 296 g/mol. The van der Waals surface area contributed by atoms with E-state index in [1.807, 2.05) is 30.3 Å². The molecule has 0 radical (unpaired) electrons. The van der Waals surface area contributed by atoms with Crippen LogP contribution in [0.2, 0.25) is 0 Å². The van der Waals surface area contributed by atoms with Crippen LogP contribution in [0.5, 0.6) is 5.75 Å². The number of carbonyl (C=O) groups excluding carboxylic acids is 2. The van der Waals surface area contributed by atoms with Crippen LogP contribution in [0.25, 0.3) is 0 Å². The van der Waals surface area contributed by atoms with Gasteiger partial charge >= 0.3 is 0 Å². The van der Waals surface area contributed by atoms with Crippen molar-refractivity contribution in [2.75, 3.05) is 39.5 Å². The van der Waals surface area contributed by atoms with Crippen molar-refractivity contribution in [3.8, 4) is 5.75 Å². The van der Waals surface area contributed by atoms with Crippen molar-refractivity contribution >= 4 is 11.8 Å². The van der Waals surface area contributed by atoms with E-state index >= 15 is 0 Å². The minimum atomic E-state index is -0.347. The third-order valence-electron chi connectivity index (χ3n) is 4.29. The van der Waals surface area contributed by atoms with E-state index in [4.69, 9.17) is 9.47 Å². The van der Waals surface area contributed by atoms with Gasteiger partial charge in [-0.05, 0) is 25.0 Å². The number of morpholine rings is 1. The lowest BCUT2D eigenvalue weighted by Gasteiger charge is -2.32. The van der Waals surface area contributed by atoms with E-state index in [1.165, 1.54) is 0 Å². The Morgan fingerprint density at radius 1 is 1.13 bits per heavy atom. The fourth-order valence-corrected chi connectivity index (χ4v) is 3.06. The Kier molecular flexibility index (Phi) is 5.12. The van der Waals surface area contributed by atoms with Crippen LogP contribution in [-0.4, -0.2) is 67.1 Å². The van der Waals surface area contributed by atoms with Gasteiger partial charge in [0.15, 0.2) is 6.61 Å². The lowest BCUT2D eigenvalue weighted by Crippen LogP contribution is -2.51. The van der Waals surface area contributed by atoms with Crippen LogP contribution in [0.15, 0.2) is 30.3 Å². The van der Waals surface area contributed by atoms with Gasteiger partial charge in [0.1, 0.15) is 11.8 Å². The molecule has 2 aliphatic rings. The molecule has 3 rings (SSSR count). The van der Waals surface area contributed by atoms with E-state index in [9.17, 15) is 9.59 Å². The predicted molar refractivity (Wildman–Crippen MR) is 84.1 cm³/mol. The third kappa shape index (κ3) is 3.82. The van der Waals surface area contributed by atoms with Crippen LogP contribution >= 0.6 is 0 Å². The zero-order chi connectivity index (χ0) is 16.1. The fourth-order valence-electron chi connectivity index (χ4n) is 3.06. The van der Waals surface area contributed by atoms with E-state index < -0.39 is 0 Å². The highest BCUT2D eigenvalue weighted by atomic mass is 16.5. The van der Waals surface area contributed by atoms with Gasteiger partial charge in [-0.25, -0.2) is 0 Å². The number of benzene rings is 1. The fraction of sp³-hybridized carbons (Fsp3) is 0.529. The summed E-state index contributed by atoms with van der Waals surface area (Å²) in [6.07, 6.45) is 1.59. The molecule has 0 spiro atoms. The molecule has 6 heteroatoms. The highest BCUT2D eigenvalue weighted by Crippen LogP contribution is 2.20. The van der Waals surface area contributed by atoms with Crippen molar-refractivity contribution in [2.24, 2.45) is 0 Å². The number of ether oxygens (including phenoxy) is 2. The molecule has 2 amide bonds. The molecule has 1 aromatic carbocycles. The standard InChI is InChI=1S/C17H22N2O4/c20-16(13-23-14-5-2-1-3-6-14)19-8-4-7-15(19)17(21)18-9-11-22-12-10-18/h1-3,5-6,15H,4,7-13H2/t15-/m0/s1. The zero-order valence-electron chi connectivity index (χ0n) is 13.1. The second-order valence-electron chi connectivity index (χ2n) is 5.78. The maximum Gasteiger partial charge on any atom is 0.261 e. The van der Waals surface area contributed by atoms with E-state index in [0.29, 0.717) is 38.6 Å². The molecule has 0 saturated carbocycles. The largest absolute Gasteiger partial charge is 0.484 e. The first kappa shape index (κ1) is 15.8. The molecule has 2 saturated heterocycles. The first-order chi connectivity index (χ1) is 11.3. The summed E-state index contributed by atoms with van der Waals surface area (Å²) >= 11 is 0. The molecule has 23 heavy (non-hydrogen) atoms. The lowest BCUT2D eigenvalue weighted by atomic mass is 10.2. The number of amides is 2. The quantitative estimate of drug-likeness (QED) is 0.828. The lowest BCUT2D eigenvalue weighted by molar-refractivity contribution is -0.147. The highest BCUT2D eigenvalue weighted by Gasteiger charge is 2.36. The van der Waals surface area contributed by atoms with Crippen molar-refractivity contribution in [3.05, 3.63) is 30.3 Å². The van der Waals surface area contributed by atoms with Gasteiger partial charge in [-0.3, -0.25) is 9.59 Å². The van der Waals surface area contributed by atoms with Gasteiger partial charge in [-0.1, -0.05) is 18.2 Å². The molecule has 1 aromatic rings. The second kappa shape index (κ2) is 7.46. The number of nitrogens with zero attached hydrogens (tertiary/aromatic N) is 2. The van der Waals surface area contributed by atoms with Gasteiger partial charge in [-0.15, -0.1) is 0 Å². The Hall–Kier alpha value is -2.08. The number of para-hydroxylation sites is 1. The van der Waals surface area contributed by atoms with Gasteiger partial charge in [-0.2, -0.15) is 0 Å². The summed E-state index contributed by atoms with van der Waals surface area (Å²) in [6.45, 7) is 2.96. The molecular formula is C17H22N2O4. The van der Waals surface area contributed by atoms with Crippen molar-refractivity contribution in [2.45, 2.75) is 18.9 Å². The number of likely N-dealkylation sites (tertiary alicyclic amines) is 1. The number of hydrogen-bond acceptors (Lipinski definition) is 4. The molecule has 2 aliphatic heterocycles. The van der Waals surface area contributed by atoms with Gasteiger partial charge in [0, 0.05) is 19.6 Å². The minimum Gasteiger partial charge on any atom is -0.484 e. The molecule has 6 nitrogen and oxygen atoms in total. The summed E-state index contributed by atoms with van der Waals surface area (Å²) in [7, 11) is 0. The van der Waals surface area contributed by atoms with Crippen LogP contribution in [0.3, 0.4) is 0 Å². The topological polar surface area (TPSA) is 59.1 Å². The van der Waals surface area contributed by atoms with E-state index in [1.54, 1.807) is 9.80 Å². The van der Waals surface area contributed by atoms with Crippen LogP contribution in [0.1, 0.15) is 12.8 Å². The monoisotopic (exact) mass is 318 g/mol. The first-order valence-corrected chi connectivity index (χ1v) is 8.09. The van der Waals surface area contributed by atoms with E-state index in [0.717, 1.165) is 12.8 Å². The molecule has 124 valence electrons. The number of hydrogen-bond donors (Lipinski definition) is 0. The number of rotatable bonds is 4. The van der Waals surface area contributed by atoms with Crippen LogP contribution in [-0.2, 0) is 14.3 Å². The van der Waals surface area contributed by atoms with Gasteiger partial charge in [0.25, 0.3) is 5.91 Å². The minimum absolute atomic E-state index is 0.0308. The third-order valence-corrected chi connectivity index (χ3v) is 4.29. The van der Waals surface area contributed by atoms with Gasteiger partial charge < -0.3 is 19.3 Å². The van der Waals surface area contributed by atoms with Gasteiger partial charge in [0.05, 0.1) is 13.2 Å². The Balaban J connectivity index is 1.57. The molecule has 2 fully saturated rings. The van der Waals surface area contributed by atoms with Gasteiger partial charge in [0.2, 0.25) is 5.91 Å². The summed E-state index contributed by atoms with van der Waals surface area (Å²) in [6, 6.07) is 8.90. The second-order valence-corrected chi connectivity index (χ2v) is 5.78. The summed E-state index contributed by atoms with van der Waals surface area (Å²) in [4.78, 5) is 28.5. The summed E-state index contributed by atoms with van der Waals surface area (Å²) in [5.41, 5.74) is 0. The SMILES string of the molecule is O=C([C@@H]1CCCN1C(=O)COc1ccccc1)N1CCOCC1. The Morgan fingerprint density at radius 3 is 2.61 bits per heavy atom. The molecule has 0 bridgehead atoms. The average molecular weight is 318 g/mol. The summed E-state index contributed by atoms with van der Waals surface area (Å²) < 4.78 is 10.8. The predicted octanol–water partition coefficient (Wildman–Crippen LogP) is 0.915. The molecule has 1 atom stereocenters. The molecule has 0 N–H and O–H groups in total. The summed E-state index contributed by atoms with van der Waals surface area (Å²) in [5, 5.41) is 0. The normalized spacial score (nSPS) is 21.3. The van der Waals surface area contributed by atoms with Crippen LogP contribution in [0.4, 0.5) is 0 Å². The zero-order valence-corrected chi connectivity index (χ0v) is 13.1. The van der Waals surface area contributed by atoms with E-state index in [2.05, 4.69) is 0 Å². The Bertz CT molecular complexity index is 543. The summed E-state index contributed by atoms with van der Waals surface area (Å²) in [5.74, 6) is 0.577. The highest BCUT2D eigenvalue weighted by molar-refractivity contribution is 5.88. The van der Waals surface area contributed by atoms with E-state index in [-0.39, 0.29) is 24.5 Å². The molecule has 2 heterocycles. The van der Waals surface area contributed by atoms with Crippen molar-refractivity contribution in [1.82, 2.24) is 9.80 Å². The number of carbonyl (C=O) groups is 2. The molecule has 0 aliphatic carbocycles. The average Bonchev–Trinajstić information content (AvgIpc) is 3.10. The van der Waals surface area contributed by atoms with Crippen LogP contribution < -0.4 is 4.74 Å². The van der Waals surface area contributed by atoms with Crippen molar-refractivity contribution in [1.29, 1.82) is 0 Å². The Morgan fingerprint density at radius 2 is 1.87 bits per heavy atom. The van der Waals surface area contributed by atoms with Crippen molar-refractivity contribution < 1.29 is 19.1 Å². The Labute approximate surface area is 136 Å². The van der Waals surface area contributed by atoms with Crippen molar-refractivity contribution in [3.63, 3.8) is 0 Å². The maximum absolute atomic E-state index is 12.6. The molecule has 0 unspecified atom stereocenters. The first-order valence-electron chi connectivity index (χ1n) is 8.09. The smallest absolute Gasteiger partial charge is 0.261 e. The molecule has 0 aromatic heterocycles. The maximum atomic E-state index is 12.6.